The fourth-order valence-electron chi connectivity index (χ4n) is 3.48. The van der Waals surface area contributed by atoms with E-state index in [0.29, 0.717) is 0 Å². The van der Waals surface area contributed by atoms with Gasteiger partial charge in [0.1, 0.15) is 0 Å². The number of nitrogens with zero attached hydrogens (tertiary/aromatic N) is 2. The molecule has 0 radical (unpaired) electrons. The summed E-state index contributed by atoms with van der Waals surface area (Å²) in [5.74, 6) is 1.09. The SMILES string of the molecule is CC1CN2CCCCC2CN1CCC1CC1. The van der Waals surface area contributed by atoms with Crippen LogP contribution in [0.4, 0.5) is 0 Å². The zero-order valence-electron chi connectivity index (χ0n) is 10.7. The summed E-state index contributed by atoms with van der Waals surface area (Å²) >= 11 is 0. The third-order valence-corrected chi connectivity index (χ3v) is 4.84. The van der Waals surface area contributed by atoms with Gasteiger partial charge in [0.15, 0.2) is 0 Å². The van der Waals surface area contributed by atoms with Crippen molar-refractivity contribution in [2.45, 2.75) is 57.5 Å². The lowest BCUT2D eigenvalue weighted by Gasteiger charge is -2.47. The van der Waals surface area contributed by atoms with Crippen LogP contribution in [0.25, 0.3) is 0 Å². The van der Waals surface area contributed by atoms with Gasteiger partial charge in [0.25, 0.3) is 0 Å². The number of hydrogen-bond donors (Lipinski definition) is 0. The van der Waals surface area contributed by atoms with Crippen molar-refractivity contribution >= 4 is 0 Å². The van der Waals surface area contributed by atoms with Crippen molar-refractivity contribution in [2.75, 3.05) is 26.2 Å². The van der Waals surface area contributed by atoms with E-state index < -0.39 is 0 Å². The lowest BCUT2D eigenvalue weighted by atomic mass is 9.97. The first-order valence-corrected chi connectivity index (χ1v) is 7.31. The van der Waals surface area contributed by atoms with Gasteiger partial charge >= 0.3 is 0 Å². The van der Waals surface area contributed by atoms with E-state index in [1.165, 1.54) is 64.7 Å². The zero-order chi connectivity index (χ0) is 11.0. The summed E-state index contributed by atoms with van der Waals surface area (Å²) in [5, 5.41) is 0. The van der Waals surface area contributed by atoms with Crippen molar-refractivity contribution < 1.29 is 0 Å². The first-order chi connectivity index (χ1) is 7.83. The molecular weight excluding hydrogens is 196 g/mol. The van der Waals surface area contributed by atoms with Crippen molar-refractivity contribution in [1.29, 1.82) is 0 Å². The van der Waals surface area contributed by atoms with E-state index in [2.05, 4.69) is 16.7 Å². The van der Waals surface area contributed by atoms with E-state index in [0.717, 1.165) is 18.0 Å². The largest absolute Gasteiger partial charge is 0.298 e. The van der Waals surface area contributed by atoms with Crippen molar-refractivity contribution in [3.63, 3.8) is 0 Å². The van der Waals surface area contributed by atoms with Crippen LogP contribution in [-0.4, -0.2) is 48.1 Å². The second-order valence-electron chi connectivity index (χ2n) is 6.22. The average molecular weight is 222 g/mol. The Balaban J connectivity index is 1.53. The van der Waals surface area contributed by atoms with Crippen molar-refractivity contribution in [3.05, 3.63) is 0 Å². The Kier molecular flexibility index (Phi) is 3.21. The fraction of sp³-hybridized carbons (Fsp3) is 1.00. The number of hydrogen-bond acceptors (Lipinski definition) is 2. The Hall–Kier alpha value is -0.0800. The van der Waals surface area contributed by atoms with Gasteiger partial charge in [0.05, 0.1) is 0 Å². The van der Waals surface area contributed by atoms with Crippen molar-refractivity contribution in [2.24, 2.45) is 5.92 Å². The second-order valence-corrected chi connectivity index (χ2v) is 6.22. The van der Waals surface area contributed by atoms with Crippen LogP contribution in [0.15, 0.2) is 0 Å². The quantitative estimate of drug-likeness (QED) is 0.723. The molecule has 2 heterocycles. The maximum atomic E-state index is 2.77. The van der Waals surface area contributed by atoms with E-state index in [1.54, 1.807) is 0 Å². The van der Waals surface area contributed by atoms with Crippen LogP contribution in [0.2, 0.25) is 0 Å². The predicted octanol–water partition coefficient (Wildman–Crippen LogP) is 2.35. The summed E-state index contributed by atoms with van der Waals surface area (Å²) < 4.78 is 0. The Morgan fingerprint density at radius 3 is 2.75 bits per heavy atom. The van der Waals surface area contributed by atoms with Gasteiger partial charge in [-0.15, -0.1) is 0 Å². The lowest BCUT2D eigenvalue weighted by Crippen LogP contribution is -2.58. The highest BCUT2D eigenvalue weighted by atomic mass is 15.3. The Morgan fingerprint density at radius 2 is 1.94 bits per heavy atom. The van der Waals surface area contributed by atoms with Gasteiger partial charge in [-0.3, -0.25) is 9.80 Å². The Morgan fingerprint density at radius 1 is 1.06 bits per heavy atom. The van der Waals surface area contributed by atoms with Crippen LogP contribution >= 0.6 is 0 Å². The van der Waals surface area contributed by atoms with Crippen LogP contribution in [0, 0.1) is 5.92 Å². The average Bonchev–Trinajstić information content (AvgIpc) is 3.10. The summed E-state index contributed by atoms with van der Waals surface area (Å²) in [6.45, 7) is 7.85. The lowest BCUT2D eigenvalue weighted by molar-refractivity contribution is 0.0142. The first kappa shape index (κ1) is 11.0. The number of piperazine rings is 1. The van der Waals surface area contributed by atoms with Crippen LogP contribution in [-0.2, 0) is 0 Å². The van der Waals surface area contributed by atoms with Gasteiger partial charge in [0.2, 0.25) is 0 Å². The van der Waals surface area contributed by atoms with Gasteiger partial charge in [-0.1, -0.05) is 19.3 Å². The molecule has 3 rings (SSSR count). The molecule has 2 heteroatoms. The molecule has 0 spiro atoms. The van der Waals surface area contributed by atoms with Gasteiger partial charge < -0.3 is 0 Å². The van der Waals surface area contributed by atoms with Crippen LogP contribution in [0.1, 0.15) is 45.4 Å². The molecule has 0 aromatic heterocycles. The van der Waals surface area contributed by atoms with E-state index in [1.807, 2.05) is 0 Å². The van der Waals surface area contributed by atoms with Gasteiger partial charge in [-0.25, -0.2) is 0 Å². The molecule has 0 aromatic rings. The molecule has 2 unspecified atom stereocenters. The normalized spacial score (nSPS) is 37.3. The van der Waals surface area contributed by atoms with Gasteiger partial charge in [-0.2, -0.15) is 0 Å². The number of piperidine rings is 1. The summed E-state index contributed by atoms with van der Waals surface area (Å²) in [7, 11) is 0. The summed E-state index contributed by atoms with van der Waals surface area (Å²) in [4.78, 5) is 5.52. The van der Waals surface area contributed by atoms with Crippen LogP contribution in [0.3, 0.4) is 0 Å². The molecule has 2 saturated heterocycles. The Labute approximate surface area is 100.0 Å². The molecule has 0 N–H and O–H groups in total. The van der Waals surface area contributed by atoms with E-state index in [9.17, 15) is 0 Å². The van der Waals surface area contributed by atoms with E-state index in [4.69, 9.17) is 0 Å². The second kappa shape index (κ2) is 4.66. The monoisotopic (exact) mass is 222 g/mol. The molecule has 16 heavy (non-hydrogen) atoms. The molecule has 1 aliphatic carbocycles. The van der Waals surface area contributed by atoms with Gasteiger partial charge in [0, 0.05) is 25.2 Å². The summed E-state index contributed by atoms with van der Waals surface area (Å²) in [6, 6.07) is 1.69. The number of rotatable bonds is 3. The van der Waals surface area contributed by atoms with E-state index in [-0.39, 0.29) is 0 Å². The smallest absolute Gasteiger partial charge is 0.0223 e. The highest BCUT2D eigenvalue weighted by Crippen LogP contribution is 2.33. The molecule has 0 amide bonds. The molecule has 2 aliphatic heterocycles. The first-order valence-electron chi connectivity index (χ1n) is 7.31. The third-order valence-electron chi connectivity index (χ3n) is 4.84. The summed E-state index contributed by atoms with van der Waals surface area (Å²) in [5.41, 5.74) is 0. The molecule has 92 valence electrons. The summed E-state index contributed by atoms with van der Waals surface area (Å²) in [6.07, 6.45) is 8.84. The highest BCUT2D eigenvalue weighted by Gasteiger charge is 2.33. The number of fused-ring (bicyclic) bond motifs is 1. The van der Waals surface area contributed by atoms with Crippen molar-refractivity contribution in [3.8, 4) is 0 Å². The predicted molar refractivity (Wildman–Crippen MR) is 67.6 cm³/mol. The molecule has 3 fully saturated rings. The topological polar surface area (TPSA) is 6.48 Å². The zero-order valence-corrected chi connectivity index (χ0v) is 10.7. The maximum absolute atomic E-state index is 2.77. The van der Waals surface area contributed by atoms with Gasteiger partial charge in [-0.05, 0) is 45.2 Å². The third kappa shape index (κ3) is 2.43. The fourth-order valence-corrected chi connectivity index (χ4v) is 3.48. The molecular formula is C14H26N2. The minimum atomic E-state index is 0.799. The molecule has 0 bridgehead atoms. The molecule has 2 atom stereocenters. The highest BCUT2D eigenvalue weighted by molar-refractivity contribution is 4.89. The molecule has 1 saturated carbocycles. The molecule has 0 aromatic carbocycles. The van der Waals surface area contributed by atoms with Crippen molar-refractivity contribution in [1.82, 2.24) is 9.80 Å². The standard InChI is InChI=1S/C14H26N2/c1-12-10-16-8-3-2-4-14(16)11-15(12)9-7-13-5-6-13/h12-14H,2-11H2,1H3. The van der Waals surface area contributed by atoms with Crippen LogP contribution < -0.4 is 0 Å². The minimum absolute atomic E-state index is 0.799. The maximum Gasteiger partial charge on any atom is 0.0223 e. The van der Waals surface area contributed by atoms with E-state index >= 15 is 0 Å². The molecule has 2 nitrogen and oxygen atoms in total. The Bertz CT molecular complexity index is 237. The molecule has 3 aliphatic rings. The minimum Gasteiger partial charge on any atom is -0.298 e. The van der Waals surface area contributed by atoms with Crippen LogP contribution in [0.5, 0.6) is 0 Å².